The summed E-state index contributed by atoms with van der Waals surface area (Å²) in [6.45, 7) is 18.0. The van der Waals surface area contributed by atoms with E-state index in [2.05, 4.69) is 157 Å². The molecule has 1 aliphatic carbocycles. The number of fused-ring (bicyclic) bond motifs is 6. The number of furan rings is 1. The molecule has 6 heteroatoms. The summed E-state index contributed by atoms with van der Waals surface area (Å²) in [7, 11) is 0. The first-order valence-corrected chi connectivity index (χ1v) is 19.3. The van der Waals surface area contributed by atoms with Gasteiger partial charge in [0.2, 0.25) is 0 Å². The smallest absolute Gasteiger partial charge is 0.125 e. The van der Waals surface area contributed by atoms with Crippen molar-refractivity contribution in [3.05, 3.63) is 144 Å². The van der Waals surface area contributed by atoms with Crippen LogP contribution in [0.5, 0.6) is 5.75 Å². The molecule has 9 rings (SSSR count). The molecule has 0 atom stereocenters. The van der Waals surface area contributed by atoms with Crippen LogP contribution in [0.1, 0.15) is 89.5 Å². The minimum absolute atomic E-state index is 0. The third-order valence-electron chi connectivity index (χ3n) is 12.4. The van der Waals surface area contributed by atoms with Crippen molar-refractivity contribution >= 4 is 21.9 Å². The molecule has 0 bridgehead atoms. The molecule has 0 amide bonds. The first-order valence-electron chi connectivity index (χ1n) is 19.3. The normalized spacial score (nSPS) is 14.2. The first kappa shape index (κ1) is 37.7. The average molecular weight is 916 g/mol. The molecule has 3 aromatic heterocycles. The van der Waals surface area contributed by atoms with Gasteiger partial charge in [-0.3, -0.25) is 4.98 Å². The second-order valence-electron chi connectivity index (χ2n) is 16.8. The molecule has 284 valence electrons. The second kappa shape index (κ2) is 13.7. The van der Waals surface area contributed by atoms with E-state index in [1.807, 2.05) is 18.2 Å². The van der Waals surface area contributed by atoms with Crippen molar-refractivity contribution in [3.8, 4) is 56.6 Å². The second-order valence-corrected chi connectivity index (χ2v) is 16.8. The van der Waals surface area contributed by atoms with Crippen molar-refractivity contribution in [1.29, 1.82) is 0 Å². The van der Waals surface area contributed by atoms with Gasteiger partial charge in [0.25, 0.3) is 0 Å². The molecule has 1 N–H and O–H groups in total. The number of imidazole rings is 1. The van der Waals surface area contributed by atoms with Gasteiger partial charge in [0.15, 0.2) is 0 Å². The van der Waals surface area contributed by atoms with Crippen LogP contribution < -0.4 is 0 Å². The maximum absolute atomic E-state index is 11.3. The van der Waals surface area contributed by atoms with Crippen molar-refractivity contribution in [3.63, 3.8) is 0 Å². The number of pyridine rings is 1. The number of hydrogen-bond acceptors (Lipinski definition) is 4. The molecule has 1 aliphatic rings. The Bertz CT molecular complexity index is 2760. The summed E-state index contributed by atoms with van der Waals surface area (Å²) in [5.41, 5.74) is 13.2. The van der Waals surface area contributed by atoms with E-state index in [1.165, 1.54) is 11.1 Å². The predicted molar refractivity (Wildman–Crippen MR) is 225 cm³/mol. The summed E-state index contributed by atoms with van der Waals surface area (Å²) in [5, 5.41) is 13.4. The largest absolute Gasteiger partial charge is 0.507 e. The maximum Gasteiger partial charge on any atom is 0.125 e. The van der Waals surface area contributed by atoms with E-state index >= 15 is 0 Å². The zero-order valence-electron chi connectivity index (χ0n) is 33.1. The Hall–Kier alpha value is -5.25. The van der Waals surface area contributed by atoms with Gasteiger partial charge in [0.1, 0.15) is 11.3 Å². The quantitative estimate of drug-likeness (QED) is 0.169. The fourth-order valence-electron chi connectivity index (χ4n) is 8.30. The van der Waals surface area contributed by atoms with Crippen LogP contribution in [0.3, 0.4) is 0 Å². The van der Waals surface area contributed by atoms with Gasteiger partial charge in [0, 0.05) is 49.3 Å². The Labute approximate surface area is 343 Å². The van der Waals surface area contributed by atoms with Gasteiger partial charge in [-0.1, -0.05) is 121 Å². The fourth-order valence-corrected chi connectivity index (χ4v) is 8.30. The predicted octanol–water partition coefficient (Wildman–Crippen LogP) is 13.2. The molecule has 0 radical (unpaired) electrons. The van der Waals surface area contributed by atoms with E-state index in [0.29, 0.717) is 11.8 Å². The third kappa shape index (κ3) is 5.94. The van der Waals surface area contributed by atoms with Gasteiger partial charge in [0.05, 0.1) is 28.5 Å². The molecule has 5 nitrogen and oxygen atoms in total. The summed E-state index contributed by atoms with van der Waals surface area (Å²) < 4.78 is 8.54. The van der Waals surface area contributed by atoms with E-state index in [4.69, 9.17) is 14.4 Å². The van der Waals surface area contributed by atoms with Crippen molar-refractivity contribution < 1.29 is 30.6 Å². The zero-order valence-corrected chi connectivity index (χ0v) is 35.4. The molecular weight excluding hydrogens is 870 g/mol. The van der Waals surface area contributed by atoms with E-state index in [9.17, 15) is 5.11 Å². The molecule has 3 heterocycles. The monoisotopic (exact) mass is 915 g/mol. The molecule has 0 saturated heterocycles. The average Bonchev–Trinajstić information content (AvgIpc) is 3.79. The van der Waals surface area contributed by atoms with E-state index in [0.717, 1.165) is 83.9 Å². The zero-order chi connectivity index (χ0) is 38.4. The topological polar surface area (TPSA) is 64.1 Å². The van der Waals surface area contributed by atoms with Crippen LogP contribution in [-0.2, 0) is 31.9 Å². The number of phenols is 1. The Morgan fingerprint density at radius 1 is 0.661 bits per heavy atom. The first-order chi connectivity index (χ1) is 26.3. The number of benzene rings is 5. The van der Waals surface area contributed by atoms with Crippen molar-refractivity contribution in [1.82, 2.24) is 14.5 Å². The molecule has 0 unspecified atom stereocenters. The minimum Gasteiger partial charge on any atom is -0.507 e. The fraction of sp³-hybridized carbons (Fsp3) is 0.240. The van der Waals surface area contributed by atoms with Crippen LogP contribution in [0.15, 0.2) is 120 Å². The van der Waals surface area contributed by atoms with E-state index in [1.54, 1.807) is 6.07 Å². The third-order valence-corrected chi connectivity index (χ3v) is 12.4. The van der Waals surface area contributed by atoms with Gasteiger partial charge < -0.3 is 14.1 Å². The van der Waals surface area contributed by atoms with E-state index in [-0.39, 0.29) is 37.6 Å². The molecule has 8 aromatic rings. The van der Waals surface area contributed by atoms with Gasteiger partial charge in [-0.15, -0.1) is 23.8 Å². The Morgan fingerprint density at radius 2 is 1.36 bits per heavy atom. The summed E-state index contributed by atoms with van der Waals surface area (Å²) in [5.74, 6) is 1.72. The van der Waals surface area contributed by atoms with Gasteiger partial charge in [-0.05, 0) is 87.0 Å². The van der Waals surface area contributed by atoms with Crippen LogP contribution in [0, 0.1) is 6.07 Å². The Morgan fingerprint density at radius 3 is 2.07 bits per heavy atom. The number of hydrogen-bond donors (Lipinski definition) is 1. The molecule has 0 aliphatic heterocycles. The van der Waals surface area contributed by atoms with E-state index < -0.39 is 0 Å². The number of nitrogens with zero attached hydrogens (tertiary/aromatic N) is 3. The molecule has 56 heavy (non-hydrogen) atoms. The molecule has 5 aromatic carbocycles. The summed E-state index contributed by atoms with van der Waals surface area (Å²) in [6, 6.07) is 41.5. The molecular formula is C50H46N3O2Pt-. The number of aromatic hydroxyl groups is 1. The number of phenolic OH excluding ortho intramolecular Hbond substituents is 1. The standard InChI is InChI=1S/C50H46N3O2.Pt/c1-29(2)34-23-35(30(3)4)25-36(24-34)53-28-42(41-20-19-40-47(51-41)46-39(15-12-16-43(46)54)49(5,6)50(40,7)8)52-48(53)33-18-22-45-38(27-33)37-26-32(17-21-44(37)55-45)31-13-10-9-11-14-31;/h9-17,19-30,54H,1-8H3;/q-1;. The maximum atomic E-state index is 11.3. The number of rotatable bonds is 6. The summed E-state index contributed by atoms with van der Waals surface area (Å²) >= 11 is 0. The molecule has 0 saturated carbocycles. The molecule has 0 spiro atoms. The summed E-state index contributed by atoms with van der Waals surface area (Å²) in [6.07, 6.45) is 2.11. The van der Waals surface area contributed by atoms with Gasteiger partial charge >= 0.3 is 0 Å². The number of aromatic nitrogens is 3. The van der Waals surface area contributed by atoms with Crippen molar-refractivity contribution in [2.75, 3.05) is 0 Å². The van der Waals surface area contributed by atoms with Crippen LogP contribution in [0.2, 0.25) is 0 Å². The molecule has 0 fully saturated rings. The SMILES string of the molecule is CC(C)c1cc(C(C)C)cc(-n2cc(-c3ccc4c(n3)-c3c(O)cccc3C(C)(C)C4(C)C)nc2-c2[c-]cc3oc4ccc(-c5ccccc5)cc4c3c2)c1.[Pt]. The van der Waals surface area contributed by atoms with Gasteiger partial charge in [-0.25, -0.2) is 4.98 Å². The van der Waals surface area contributed by atoms with Crippen LogP contribution in [0.4, 0.5) is 0 Å². The van der Waals surface area contributed by atoms with Crippen LogP contribution in [-0.4, -0.2) is 19.6 Å². The van der Waals surface area contributed by atoms with Gasteiger partial charge in [-0.2, -0.15) is 0 Å². The minimum atomic E-state index is -0.234. The van der Waals surface area contributed by atoms with Crippen LogP contribution >= 0.6 is 0 Å². The summed E-state index contributed by atoms with van der Waals surface area (Å²) in [4.78, 5) is 10.7. The Kier molecular flexibility index (Phi) is 9.24. The van der Waals surface area contributed by atoms with Crippen molar-refractivity contribution in [2.45, 2.75) is 78.1 Å². The van der Waals surface area contributed by atoms with Crippen LogP contribution in [0.25, 0.3) is 72.8 Å². The van der Waals surface area contributed by atoms with Crippen molar-refractivity contribution in [2.24, 2.45) is 0 Å². The Balaban J connectivity index is 0.00000441.